The number of allylic oxidation sites excluding steroid dienone is 1. The predicted octanol–water partition coefficient (Wildman–Crippen LogP) is 3.66. The first-order valence-corrected chi connectivity index (χ1v) is 12.8. The first kappa shape index (κ1) is 26.6. The molecule has 1 aromatic carbocycles. The molecule has 36 heavy (non-hydrogen) atoms. The van der Waals surface area contributed by atoms with Crippen LogP contribution in [0.1, 0.15) is 42.3 Å². The van der Waals surface area contributed by atoms with Crippen molar-refractivity contribution < 1.29 is 28.5 Å². The maximum atomic E-state index is 14.3. The summed E-state index contributed by atoms with van der Waals surface area (Å²) in [5.74, 6) is -3.35. The number of aliphatic carboxylic acids is 1. The molecule has 2 atom stereocenters. The monoisotopic (exact) mass is 540 g/mol. The summed E-state index contributed by atoms with van der Waals surface area (Å²) in [4.78, 5) is 21.3. The number of carboxylic acids is 1. The van der Waals surface area contributed by atoms with Crippen LogP contribution in [-0.2, 0) is 9.53 Å². The number of aliphatic hydroxyl groups excluding tert-OH is 1. The molecule has 12 heteroatoms. The molecule has 0 bridgehead atoms. The van der Waals surface area contributed by atoms with Gasteiger partial charge in [0.1, 0.15) is 6.04 Å². The van der Waals surface area contributed by atoms with Crippen molar-refractivity contribution in [1.82, 2.24) is 15.6 Å². The number of nitrogens with zero attached hydrogens (tertiary/aromatic N) is 2. The van der Waals surface area contributed by atoms with Crippen LogP contribution in [0.4, 0.5) is 8.78 Å². The first-order chi connectivity index (χ1) is 17.3. The molecule has 2 aromatic rings. The van der Waals surface area contributed by atoms with E-state index in [0.29, 0.717) is 35.9 Å². The van der Waals surface area contributed by atoms with E-state index < -0.39 is 34.8 Å². The lowest BCUT2D eigenvalue weighted by Gasteiger charge is -2.35. The molecule has 194 valence electrons. The number of aliphatic imine (C=N–C) groups is 1. The van der Waals surface area contributed by atoms with Crippen molar-refractivity contribution in [3.05, 3.63) is 62.2 Å². The van der Waals surface area contributed by atoms with Crippen LogP contribution >= 0.6 is 22.9 Å². The highest BCUT2D eigenvalue weighted by molar-refractivity contribution is 7.11. The van der Waals surface area contributed by atoms with E-state index in [1.54, 1.807) is 11.6 Å². The average Bonchev–Trinajstić information content (AvgIpc) is 3.41. The lowest BCUT2D eigenvalue weighted by molar-refractivity contribution is -0.133. The van der Waals surface area contributed by atoms with E-state index in [0.717, 1.165) is 18.9 Å². The summed E-state index contributed by atoms with van der Waals surface area (Å²) in [5, 5.41) is 28.5. The van der Waals surface area contributed by atoms with Gasteiger partial charge < -0.3 is 25.6 Å². The second kappa shape index (κ2) is 11.7. The molecule has 2 unspecified atom stereocenters. The number of nitrogens with one attached hydrogen (secondary N) is 2. The van der Waals surface area contributed by atoms with Crippen LogP contribution in [0.3, 0.4) is 0 Å². The van der Waals surface area contributed by atoms with Crippen molar-refractivity contribution in [2.24, 2.45) is 10.9 Å². The van der Waals surface area contributed by atoms with Gasteiger partial charge in [0.25, 0.3) is 0 Å². The van der Waals surface area contributed by atoms with Crippen molar-refractivity contribution in [2.75, 3.05) is 20.3 Å². The molecule has 1 aromatic heterocycles. The molecular weight excluding hydrogens is 514 g/mol. The lowest BCUT2D eigenvalue weighted by Crippen LogP contribution is -2.42. The maximum absolute atomic E-state index is 14.3. The van der Waals surface area contributed by atoms with Crippen molar-refractivity contribution in [1.29, 1.82) is 0 Å². The van der Waals surface area contributed by atoms with E-state index in [-0.39, 0.29) is 29.7 Å². The average molecular weight is 541 g/mol. The summed E-state index contributed by atoms with van der Waals surface area (Å²) in [6.07, 6.45) is 3.90. The minimum atomic E-state index is -1.24. The van der Waals surface area contributed by atoms with Crippen LogP contribution in [-0.4, -0.2) is 59.4 Å². The minimum Gasteiger partial charge on any atom is -0.478 e. The van der Waals surface area contributed by atoms with Gasteiger partial charge in [-0.2, -0.15) is 0 Å². The number of hydrogen-bond donors (Lipinski definition) is 4. The molecule has 4 N–H and O–H groups in total. The molecule has 1 aliphatic carbocycles. The van der Waals surface area contributed by atoms with Crippen molar-refractivity contribution >= 4 is 34.7 Å². The van der Waals surface area contributed by atoms with Crippen LogP contribution in [0.15, 0.2) is 40.0 Å². The Morgan fingerprint density at radius 1 is 1.33 bits per heavy atom. The molecule has 0 radical (unpaired) electrons. The number of hydrogen-bond acceptors (Lipinski definition) is 8. The van der Waals surface area contributed by atoms with E-state index in [4.69, 9.17) is 16.3 Å². The second-order valence-electron chi connectivity index (χ2n) is 8.81. The summed E-state index contributed by atoms with van der Waals surface area (Å²) in [5.41, 5.74) is 0.505. The SMILES string of the molecule is COCC(O)CNC1CCC(C2=C(C(=O)O)C(c3ccc(F)c(F)c3Cl)N=C(c3nccs3)N2)CC1. The number of carbonyl (C=O) groups is 1. The predicted molar refractivity (Wildman–Crippen MR) is 132 cm³/mol. The number of rotatable bonds is 9. The van der Waals surface area contributed by atoms with Gasteiger partial charge in [0.15, 0.2) is 22.5 Å². The topological polar surface area (TPSA) is 116 Å². The van der Waals surface area contributed by atoms with Gasteiger partial charge in [-0.25, -0.2) is 18.6 Å². The molecule has 0 spiro atoms. The van der Waals surface area contributed by atoms with Crippen molar-refractivity contribution in [3.63, 3.8) is 0 Å². The Morgan fingerprint density at radius 2 is 2.08 bits per heavy atom. The van der Waals surface area contributed by atoms with Crippen LogP contribution in [0, 0.1) is 17.6 Å². The number of benzene rings is 1. The summed E-state index contributed by atoms with van der Waals surface area (Å²) in [6.45, 7) is 0.649. The van der Waals surface area contributed by atoms with Crippen LogP contribution in [0.5, 0.6) is 0 Å². The van der Waals surface area contributed by atoms with E-state index >= 15 is 0 Å². The number of methoxy groups -OCH3 is 1. The van der Waals surface area contributed by atoms with Gasteiger partial charge in [-0.3, -0.25) is 4.99 Å². The number of ether oxygens (including phenoxy) is 1. The summed E-state index contributed by atoms with van der Waals surface area (Å²) >= 11 is 7.46. The highest BCUT2D eigenvalue weighted by Gasteiger charge is 2.37. The van der Waals surface area contributed by atoms with Gasteiger partial charge in [-0.05, 0) is 37.7 Å². The molecule has 2 aliphatic rings. The van der Waals surface area contributed by atoms with Gasteiger partial charge in [-0.1, -0.05) is 17.7 Å². The zero-order chi connectivity index (χ0) is 25.8. The van der Waals surface area contributed by atoms with E-state index in [1.165, 1.54) is 24.5 Å². The third-order valence-electron chi connectivity index (χ3n) is 6.44. The zero-order valence-electron chi connectivity index (χ0n) is 19.5. The molecular formula is C24H27ClF2N4O4S. The Bertz CT molecular complexity index is 1150. The zero-order valence-corrected chi connectivity index (χ0v) is 21.1. The fourth-order valence-electron chi connectivity index (χ4n) is 4.69. The third-order valence-corrected chi connectivity index (χ3v) is 7.60. The quantitative estimate of drug-likeness (QED) is 0.359. The van der Waals surface area contributed by atoms with Gasteiger partial charge in [0.05, 0.1) is 23.3 Å². The Morgan fingerprint density at radius 3 is 2.72 bits per heavy atom. The summed E-state index contributed by atoms with van der Waals surface area (Å²) in [7, 11) is 1.53. The summed E-state index contributed by atoms with van der Waals surface area (Å²) in [6, 6.07) is 1.23. The van der Waals surface area contributed by atoms with Crippen LogP contribution in [0.2, 0.25) is 5.02 Å². The lowest BCUT2D eigenvalue weighted by atomic mass is 9.80. The Labute approximate surface area is 216 Å². The Balaban J connectivity index is 1.64. The van der Waals surface area contributed by atoms with Crippen molar-refractivity contribution in [3.8, 4) is 0 Å². The number of thiazole rings is 1. The highest BCUT2D eigenvalue weighted by atomic mass is 35.5. The van der Waals surface area contributed by atoms with E-state index in [2.05, 4.69) is 20.6 Å². The van der Waals surface area contributed by atoms with Crippen molar-refractivity contribution in [2.45, 2.75) is 43.9 Å². The second-order valence-corrected chi connectivity index (χ2v) is 10.1. The standard InChI is InChI=1S/C24H27ClF2N4O4S/c1-35-11-14(32)10-29-13-4-2-12(3-5-13)20-17(24(33)34)21(15-6-7-16(26)19(27)18(15)25)31-22(30-20)23-28-8-9-36-23/h6-9,12-14,21,29,32H,2-5,10-11H2,1H3,(H,30,31)(H,33,34). The maximum Gasteiger partial charge on any atom is 0.335 e. The molecule has 1 fully saturated rings. The Kier molecular flexibility index (Phi) is 8.68. The van der Waals surface area contributed by atoms with E-state index in [9.17, 15) is 23.8 Å². The number of aliphatic hydroxyl groups is 1. The normalized spacial score (nSPS) is 23.2. The van der Waals surface area contributed by atoms with Gasteiger partial charge in [0.2, 0.25) is 0 Å². The molecule has 2 heterocycles. The van der Waals surface area contributed by atoms with E-state index in [1.807, 2.05) is 0 Å². The van der Waals surface area contributed by atoms with Crippen LogP contribution < -0.4 is 10.6 Å². The largest absolute Gasteiger partial charge is 0.478 e. The van der Waals surface area contributed by atoms with Crippen LogP contribution in [0.25, 0.3) is 0 Å². The third kappa shape index (κ3) is 5.76. The molecule has 8 nitrogen and oxygen atoms in total. The first-order valence-electron chi connectivity index (χ1n) is 11.6. The van der Waals surface area contributed by atoms with Gasteiger partial charge in [0, 0.05) is 42.5 Å². The van der Waals surface area contributed by atoms with Gasteiger partial charge >= 0.3 is 5.97 Å². The summed E-state index contributed by atoms with van der Waals surface area (Å²) < 4.78 is 33.1. The Hall–Kier alpha value is -2.44. The minimum absolute atomic E-state index is 0.0462. The van der Waals surface area contributed by atoms with Gasteiger partial charge in [-0.15, -0.1) is 11.3 Å². The highest BCUT2D eigenvalue weighted by Crippen LogP contribution is 2.41. The molecule has 0 saturated heterocycles. The molecule has 1 aliphatic heterocycles. The number of aromatic nitrogens is 1. The molecule has 1 saturated carbocycles. The fourth-order valence-corrected chi connectivity index (χ4v) is 5.53. The fraction of sp³-hybridized carbons (Fsp3) is 0.458. The number of halogens is 3. The number of carboxylic acid groups (broad SMARTS) is 1. The molecule has 0 amide bonds. The number of amidine groups is 1. The smallest absolute Gasteiger partial charge is 0.335 e. The molecule has 4 rings (SSSR count).